The first-order valence-corrected chi connectivity index (χ1v) is 10.6. The third kappa shape index (κ3) is 3.10. The third-order valence-electron chi connectivity index (χ3n) is 2.75. The van der Waals surface area contributed by atoms with Gasteiger partial charge in [0, 0.05) is 18.2 Å². The van der Waals surface area contributed by atoms with E-state index in [1.807, 2.05) is 0 Å². The minimum Gasteiger partial charge on any atom is -0.399 e. The molecule has 0 N–H and O–H groups in total. The highest BCUT2D eigenvalue weighted by molar-refractivity contribution is 7.86. The van der Waals surface area contributed by atoms with Crippen molar-refractivity contribution in [2.45, 2.75) is 43.4 Å². The molecule has 0 aliphatic heterocycles. The fourth-order valence-electron chi connectivity index (χ4n) is 1.71. The highest BCUT2D eigenvalue weighted by Crippen LogP contribution is 2.35. The van der Waals surface area contributed by atoms with Crippen molar-refractivity contribution in [2.75, 3.05) is 14.2 Å². The van der Waals surface area contributed by atoms with Crippen molar-refractivity contribution in [1.82, 2.24) is 0 Å². The van der Waals surface area contributed by atoms with Crippen molar-refractivity contribution < 1.29 is 8.85 Å². The van der Waals surface area contributed by atoms with Gasteiger partial charge < -0.3 is 8.85 Å². The first kappa shape index (κ1) is 14.7. The summed E-state index contributed by atoms with van der Waals surface area (Å²) in [6.45, 7) is 9.22. The van der Waals surface area contributed by atoms with Crippen LogP contribution in [0.2, 0.25) is 19.6 Å². The Balaban J connectivity index is 4.87. The molecular formula is C9H24O2SSi2. The molecule has 86 valence electrons. The lowest BCUT2D eigenvalue weighted by Crippen LogP contribution is -2.60. The van der Waals surface area contributed by atoms with E-state index in [0.717, 1.165) is 12.8 Å². The fourth-order valence-corrected chi connectivity index (χ4v) is 8.60. The molecule has 0 aromatic rings. The van der Waals surface area contributed by atoms with Crippen LogP contribution in [0.15, 0.2) is 0 Å². The topological polar surface area (TPSA) is 18.5 Å². The predicted molar refractivity (Wildman–Crippen MR) is 71.1 cm³/mol. The highest BCUT2D eigenvalue weighted by atomic mass is 32.1. The molecule has 0 rings (SSSR count). The van der Waals surface area contributed by atoms with Crippen LogP contribution in [0.3, 0.4) is 0 Å². The number of hydrogen-bond acceptors (Lipinski definition) is 3. The summed E-state index contributed by atoms with van der Waals surface area (Å²) < 4.78 is 11.1. The van der Waals surface area contributed by atoms with Crippen molar-refractivity contribution in [3.8, 4) is 0 Å². The standard InChI is InChI=1S/C9H24O2SSi2/c1-7-8-9(12,14(4,5)6)13(10-2)11-3/h12-13H,7-8H2,1-6H3/t9-/m1/s1. The SMILES string of the molecule is CCC[C@@](S)([SiH](OC)OC)[Si](C)(C)C. The van der Waals surface area contributed by atoms with E-state index in [9.17, 15) is 0 Å². The van der Waals surface area contributed by atoms with Crippen LogP contribution in [0, 0.1) is 0 Å². The zero-order chi connectivity index (χ0) is 11.4. The summed E-state index contributed by atoms with van der Waals surface area (Å²) in [6, 6.07) is 0. The van der Waals surface area contributed by atoms with Gasteiger partial charge in [0.15, 0.2) is 0 Å². The predicted octanol–water partition coefficient (Wildman–Crippen LogP) is 2.39. The molecule has 0 heterocycles. The molecule has 0 bridgehead atoms. The third-order valence-corrected chi connectivity index (χ3v) is 13.7. The Bertz CT molecular complexity index is 169. The molecule has 5 heteroatoms. The van der Waals surface area contributed by atoms with E-state index in [0.29, 0.717) is 0 Å². The van der Waals surface area contributed by atoms with E-state index in [1.165, 1.54) is 0 Å². The van der Waals surface area contributed by atoms with Crippen LogP contribution in [-0.4, -0.2) is 35.6 Å². The Kier molecular flexibility index (Phi) is 5.98. The minimum absolute atomic E-state index is 0.0330. The van der Waals surface area contributed by atoms with E-state index in [-0.39, 0.29) is 3.99 Å². The van der Waals surface area contributed by atoms with Gasteiger partial charge in [-0.05, 0) is 6.42 Å². The molecule has 2 nitrogen and oxygen atoms in total. The van der Waals surface area contributed by atoms with Crippen LogP contribution >= 0.6 is 12.6 Å². The van der Waals surface area contributed by atoms with Gasteiger partial charge >= 0.3 is 9.28 Å². The highest BCUT2D eigenvalue weighted by Gasteiger charge is 2.48. The molecule has 0 aromatic carbocycles. The summed E-state index contributed by atoms with van der Waals surface area (Å²) >= 11 is 4.91. The van der Waals surface area contributed by atoms with Gasteiger partial charge in [0.05, 0.1) is 8.07 Å². The monoisotopic (exact) mass is 252 g/mol. The molecule has 14 heavy (non-hydrogen) atoms. The smallest absolute Gasteiger partial charge is 0.334 e. The molecule has 0 aromatic heterocycles. The van der Waals surface area contributed by atoms with E-state index >= 15 is 0 Å². The van der Waals surface area contributed by atoms with E-state index in [2.05, 4.69) is 26.6 Å². The summed E-state index contributed by atoms with van der Waals surface area (Å²) in [6.07, 6.45) is 2.24. The van der Waals surface area contributed by atoms with Crippen LogP contribution in [0.5, 0.6) is 0 Å². The second-order valence-electron chi connectivity index (χ2n) is 4.73. The average Bonchev–Trinajstić information content (AvgIpc) is 2.04. The molecule has 0 radical (unpaired) electrons. The maximum Gasteiger partial charge on any atom is 0.334 e. The Morgan fingerprint density at radius 2 is 1.64 bits per heavy atom. The van der Waals surface area contributed by atoms with Gasteiger partial charge in [-0.2, -0.15) is 12.6 Å². The summed E-state index contributed by atoms with van der Waals surface area (Å²) in [5, 5.41) is 0. The summed E-state index contributed by atoms with van der Waals surface area (Å²) in [5.74, 6) is 0. The molecule has 0 spiro atoms. The molecule has 0 unspecified atom stereocenters. The number of hydrogen-bond donors (Lipinski definition) is 1. The van der Waals surface area contributed by atoms with E-state index in [1.54, 1.807) is 14.2 Å². The van der Waals surface area contributed by atoms with Gasteiger partial charge in [-0.1, -0.05) is 33.0 Å². The van der Waals surface area contributed by atoms with Gasteiger partial charge in [-0.3, -0.25) is 0 Å². The molecule has 0 fully saturated rings. The van der Waals surface area contributed by atoms with Gasteiger partial charge in [0.2, 0.25) is 0 Å². The zero-order valence-electron chi connectivity index (χ0n) is 10.3. The Labute approximate surface area is 96.6 Å². The van der Waals surface area contributed by atoms with E-state index < -0.39 is 17.4 Å². The lowest BCUT2D eigenvalue weighted by Gasteiger charge is -2.42. The van der Waals surface area contributed by atoms with Gasteiger partial charge in [0.1, 0.15) is 0 Å². The van der Waals surface area contributed by atoms with Crippen LogP contribution in [0.1, 0.15) is 19.8 Å². The van der Waals surface area contributed by atoms with Crippen molar-refractivity contribution >= 4 is 30.0 Å². The Morgan fingerprint density at radius 3 is 1.86 bits per heavy atom. The number of thiol groups is 1. The van der Waals surface area contributed by atoms with Crippen molar-refractivity contribution in [3.63, 3.8) is 0 Å². The van der Waals surface area contributed by atoms with Gasteiger partial charge in [0.25, 0.3) is 0 Å². The van der Waals surface area contributed by atoms with Crippen LogP contribution < -0.4 is 0 Å². The first-order valence-electron chi connectivity index (χ1n) is 5.11. The maximum absolute atomic E-state index is 5.52. The van der Waals surface area contributed by atoms with Crippen molar-refractivity contribution in [1.29, 1.82) is 0 Å². The lowest BCUT2D eigenvalue weighted by molar-refractivity contribution is 0.268. The van der Waals surface area contributed by atoms with Crippen molar-refractivity contribution in [3.05, 3.63) is 0 Å². The second-order valence-corrected chi connectivity index (χ2v) is 15.0. The van der Waals surface area contributed by atoms with Crippen LogP contribution in [-0.2, 0) is 8.85 Å². The molecular weight excluding hydrogens is 228 g/mol. The summed E-state index contributed by atoms with van der Waals surface area (Å²) in [4.78, 5) is 0. The Morgan fingerprint density at radius 1 is 1.21 bits per heavy atom. The number of rotatable bonds is 6. The largest absolute Gasteiger partial charge is 0.399 e. The molecule has 0 saturated heterocycles. The van der Waals surface area contributed by atoms with Gasteiger partial charge in [-0.25, -0.2) is 0 Å². The molecule has 0 amide bonds. The average molecular weight is 253 g/mol. The fraction of sp³-hybridized carbons (Fsp3) is 1.00. The lowest BCUT2D eigenvalue weighted by atomic mass is 10.4. The van der Waals surface area contributed by atoms with Crippen molar-refractivity contribution in [2.24, 2.45) is 0 Å². The first-order chi connectivity index (χ1) is 6.33. The maximum atomic E-state index is 5.52. The Hall–Kier alpha value is 0.704. The van der Waals surface area contributed by atoms with E-state index in [4.69, 9.17) is 21.5 Å². The van der Waals surface area contributed by atoms with Crippen LogP contribution in [0.25, 0.3) is 0 Å². The van der Waals surface area contributed by atoms with Gasteiger partial charge in [-0.15, -0.1) is 0 Å². The molecule has 0 aliphatic carbocycles. The molecule has 1 atom stereocenters. The molecule has 0 aliphatic rings. The minimum atomic E-state index is -1.64. The quantitative estimate of drug-likeness (QED) is 0.578. The second kappa shape index (κ2) is 5.70. The normalized spacial score (nSPS) is 17.1. The summed E-state index contributed by atoms with van der Waals surface area (Å²) in [7, 11) is 0.503. The molecule has 0 saturated carbocycles. The summed E-state index contributed by atoms with van der Waals surface area (Å²) in [5.41, 5.74) is 0. The zero-order valence-corrected chi connectivity index (χ0v) is 13.3. The van der Waals surface area contributed by atoms with Crippen LogP contribution in [0.4, 0.5) is 0 Å².